The lowest BCUT2D eigenvalue weighted by molar-refractivity contribution is 0.444. The molecule has 1 fully saturated rings. The molecule has 1 aromatic heterocycles. The standard InChI is InChI=1S/C14H16FN3/c15-12-3-1-2-4-14(12)18-13(7-10-17-18)11-5-8-16-9-6-11/h1-4,7,10-11,16H,5-6,8-9H2. The van der Waals surface area contributed by atoms with Crippen molar-refractivity contribution < 1.29 is 4.39 Å². The van der Waals surface area contributed by atoms with Crippen LogP contribution in [0.3, 0.4) is 0 Å². The molecule has 1 saturated heterocycles. The largest absolute Gasteiger partial charge is 0.317 e. The Hall–Kier alpha value is -1.68. The Morgan fingerprint density at radius 2 is 1.94 bits per heavy atom. The van der Waals surface area contributed by atoms with E-state index in [4.69, 9.17) is 0 Å². The van der Waals surface area contributed by atoms with Crippen LogP contribution in [-0.2, 0) is 0 Å². The predicted octanol–water partition coefficient (Wildman–Crippen LogP) is 2.48. The molecule has 1 aliphatic heterocycles. The number of aromatic nitrogens is 2. The number of benzene rings is 1. The van der Waals surface area contributed by atoms with Gasteiger partial charge in [-0.15, -0.1) is 0 Å². The third kappa shape index (κ3) is 2.04. The highest BCUT2D eigenvalue weighted by Gasteiger charge is 2.20. The van der Waals surface area contributed by atoms with Crippen LogP contribution in [0.15, 0.2) is 36.5 Å². The predicted molar refractivity (Wildman–Crippen MR) is 68.4 cm³/mol. The van der Waals surface area contributed by atoms with Crippen molar-refractivity contribution in [3.05, 3.63) is 48.0 Å². The number of hydrogen-bond acceptors (Lipinski definition) is 2. The molecule has 0 bridgehead atoms. The SMILES string of the molecule is Fc1ccccc1-n1nccc1C1CCNCC1. The van der Waals surface area contributed by atoms with E-state index in [9.17, 15) is 4.39 Å². The molecule has 0 spiro atoms. The minimum absolute atomic E-state index is 0.226. The normalized spacial score (nSPS) is 16.9. The van der Waals surface area contributed by atoms with Gasteiger partial charge in [-0.1, -0.05) is 12.1 Å². The van der Waals surface area contributed by atoms with Crippen LogP contribution in [0.25, 0.3) is 5.69 Å². The molecule has 3 rings (SSSR count). The summed E-state index contributed by atoms with van der Waals surface area (Å²) in [5.41, 5.74) is 1.65. The summed E-state index contributed by atoms with van der Waals surface area (Å²) in [5, 5.41) is 7.62. The molecule has 0 radical (unpaired) electrons. The van der Waals surface area contributed by atoms with Gasteiger partial charge in [-0.05, 0) is 44.1 Å². The smallest absolute Gasteiger partial charge is 0.148 e. The van der Waals surface area contributed by atoms with Gasteiger partial charge in [-0.2, -0.15) is 5.10 Å². The Morgan fingerprint density at radius 1 is 1.17 bits per heavy atom. The third-order valence-electron chi connectivity index (χ3n) is 3.51. The topological polar surface area (TPSA) is 29.9 Å². The van der Waals surface area contributed by atoms with Gasteiger partial charge >= 0.3 is 0 Å². The molecule has 1 aliphatic rings. The highest BCUT2D eigenvalue weighted by Crippen LogP contribution is 2.27. The fourth-order valence-corrected chi connectivity index (χ4v) is 2.57. The summed E-state index contributed by atoms with van der Waals surface area (Å²) in [6.07, 6.45) is 3.92. The maximum atomic E-state index is 13.8. The first kappa shape index (κ1) is 11.4. The van der Waals surface area contributed by atoms with E-state index in [-0.39, 0.29) is 5.82 Å². The molecule has 0 amide bonds. The Balaban J connectivity index is 1.98. The van der Waals surface area contributed by atoms with Crippen LogP contribution in [0, 0.1) is 5.82 Å². The number of rotatable bonds is 2. The Labute approximate surface area is 106 Å². The molecule has 1 N–H and O–H groups in total. The number of hydrogen-bond donors (Lipinski definition) is 1. The second kappa shape index (κ2) is 4.90. The molecule has 0 saturated carbocycles. The van der Waals surface area contributed by atoms with Crippen LogP contribution in [0.2, 0.25) is 0 Å². The lowest BCUT2D eigenvalue weighted by Gasteiger charge is -2.23. The molecule has 1 aromatic carbocycles. The quantitative estimate of drug-likeness (QED) is 0.881. The molecule has 2 heterocycles. The zero-order valence-electron chi connectivity index (χ0n) is 10.1. The zero-order valence-corrected chi connectivity index (χ0v) is 10.1. The van der Waals surface area contributed by atoms with Crippen molar-refractivity contribution in [2.45, 2.75) is 18.8 Å². The molecule has 0 atom stereocenters. The van der Waals surface area contributed by atoms with E-state index in [0.717, 1.165) is 31.6 Å². The summed E-state index contributed by atoms with van der Waals surface area (Å²) >= 11 is 0. The van der Waals surface area contributed by atoms with Crippen molar-refractivity contribution in [1.29, 1.82) is 0 Å². The summed E-state index contributed by atoms with van der Waals surface area (Å²) in [6, 6.07) is 8.79. The molecule has 94 valence electrons. The van der Waals surface area contributed by atoms with E-state index in [0.29, 0.717) is 11.6 Å². The number of nitrogens with one attached hydrogen (secondary N) is 1. The van der Waals surface area contributed by atoms with Crippen LogP contribution in [0.1, 0.15) is 24.5 Å². The molecular weight excluding hydrogens is 229 g/mol. The van der Waals surface area contributed by atoms with Crippen LogP contribution >= 0.6 is 0 Å². The van der Waals surface area contributed by atoms with Crippen LogP contribution < -0.4 is 5.32 Å². The van der Waals surface area contributed by atoms with Gasteiger partial charge in [0.25, 0.3) is 0 Å². The highest BCUT2D eigenvalue weighted by atomic mass is 19.1. The van der Waals surface area contributed by atoms with Gasteiger partial charge < -0.3 is 5.32 Å². The highest BCUT2D eigenvalue weighted by molar-refractivity contribution is 5.35. The van der Waals surface area contributed by atoms with Gasteiger partial charge in [-0.3, -0.25) is 0 Å². The molecule has 18 heavy (non-hydrogen) atoms. The Bertz CT molecular complexity index is 529. The van der Waals surface area contributed by atoms with Crippen molar-refractivity contribution in [1.82, 2.24) is 15.1 Å². The van der Waals surface area contributed by atoms with Gasteiger partial charge in [0.05, 0.1) is 0 Å². The van der Waals surface area contributed by atoms with E-state index in [1.165, 1.54) is 6.07 Å². The fraction of sp³-hybridized carbons (Fsp3) is 0.357. The molecule has 2 aromatic rings. The average molecular weight is 245 g/mol. The minimum Gasteiger partial charge on any atom is -0.317 e. The molecule has 3 nitrogen and oxygen atoms in total. The maximum Gasteiger partial charge on any atom is 0.148 e. The van der Waals surface area contributed by atoms with Crippen LogP contribution in [0.4, 0.5) is 4.39 Å². The van der Waals surface area contributed by atoms with E-state index < -0.39 is 0 Å². The van der Waals surface area contributed by atoms with Crippen molar-refractivity contribution in [3.63, 3.8) is 0 Å². The first-order chi connectivity index (χ1) is 8.86. The minimum atomic E-state index is -0.226. The van der Waals surface area contributed by atoms with E-state index in [1.807, 2.05) is 12.1 Å². The van der Waals surface area contributed by atoms with Gasteiger partial charge in [0.2, 0.25) is 0 Å². The van der Waals surface area contributed by atoms with Gasteiger partial charge in [0.1, 0.15) is 11.5 Å². The van der Waals surface area contributed by atoms with Crippen molar-refractivity contribution >= 4 is 0 Å². The Morgan fingerprint density at radius 3 is 2.72 bits per heavy atom. The first-order valence-electron chi connectivity index (χ1n) is 6.36. The van der Waals surface area contributed by atoms with Crippen LogP contribution in [-0.4, -0.2) is 22.9 Å². The summed E-state index contributed by atoms with van der Waals surface area (Å²) in [7, 11) is 0. The second-order valence-corrected chi connectivity index (χ2v) is 4.64. The fourth-order valence-electron chi connectivity index (χ4n) is 2.57. The van der Waals surface area contributed by atoms with E-state index in [1.54, 1.807) is 23.0 Å². The number of halogens is 1. The van der Waals surface area contributed by atoms with E-state index in [2.05, 4.69) is 10.4 Å². The first-order valence-corrected chi connectivity index (χ1v) is 6.36. The third-order valence-corrected chi connectivity index (χ3v) is 3.51. The molecular formula is C14H16FN3. The van der Waals surface area contributed by atoms with Crippen molar-refractivity contribution in [3.8, 4) is 5.69 Å². The lowest BCUT2D eigenvalue weighted by atomic mass is 9.94. The summed E-state index contributed by atoms with van der Waals surface area (Å²) in [5.74, 6) is 0.241. The van der Waals surface area contributed by atoms with Gasteiger partial charge in [0.15, 0.2) is 0 Å². The number of piperidine rings is 1. The summed E-state index contributed by atoms with van der Waals surface area (Å²) in [4.78, 5) is 0. The van der Waals surface area contributed by atoms with Gasteiger partial charge in [0, 0.05) is 17.8 Å². The van der Waals surface area contributed by atoms with Crippen molar-refractivity contribution in [2.75, 3.05) is 13.1 Å². The molecule has 0 aliphatic carbocycles. The lowest BCUT2D eigenvalue weighted by Crippen LogP contribution is -2.27. The zero-order chi connectivity index (χ0) is 12.4. The maximum absolute atomic E-state index is 13.8. The monoisotopic (exact) mass is 245 g/mol. The summed E-state index contributed by atoms with van der Waals surface area (Å²) < 4.78 is 15.6. The Kier molecular flexibility index (Phi) is 3.11. The van der Waals surface area contributed by atoms with Crippen molar-refractivity contribution in [2.24, 2.45) is 0 Å². The second-order valence-electron chi connectivity index (χ2n) is 4.64. The summed E-state index contributed by atoms with van der Waals surface area (Å²) in [6.45, 7) is 2.04. The van der Waals surface area contributed by atoms with Crippen LogP contribution in [0.5, 0.6) is 0 Å². The molecule has 0 unspecified atom stereocenters. The molecule has 4 heteroatoms. The number of para-hydroxylation sites is 1. The van der Waals surface area contributed by atoms with Gasteiger partial charge in [-0.25, -0.2) is 9.07 Å². The number of nitrogens with zero attached hydrogens (tertiary/aromatic N) is 2. The van der Waals surface area contributed by atoms with E-state index >= 15 is 0 Å². The average Bonchev–Trinajstić information content (AvgIpc) is 2.89.